The summed E-state index contributed by atoms with van der Waals surface area (Å²) in [5.74, 6) is -0.563. The van der Waals surface area contributed by atoms with Crippen LogP contribution in [0.15, 0.2) is 47.3 Å². The second-order valence-electron chi connectivity index (χ2n) is 5.10. The third-order valence-electron chi connectivity index (χ3n) is 3.82. The Morgan fingerprint density at radius 1 is 1.09 bits per heavy atom. The van der Waals surface area contributed by atoms with Crippen LogP contribution in [0, 0.1) is 0 Å². The van der Waals surface area contributed by atoms with Crippen molar-refractivity contribution >= 4 is 38.5 Å². The molecule has 2 heterocycles. The van der Waals surface area contributed by atoms with Crippen molar-refractivity contribution in [2.75, 3.05) is 0 Å². The van der Waals surface area contributed by atoms with Crippen LogP contribution in [0.25, 0.3) is 10.8 Å². The molecule has 4 rings (SSSR count). The average Bonchev–Trinajstić information content (AvgIpc) is 3.03. The summed E-state index contributed by atoms with van der Waals surface area (Å²) in [5, 5.41) is 1.59. The van der Waals surface area contributed by atoms with E-state index < -0.39 is 0 Å². The first-order valence-corrected chi connectivity index (χ1v) is 7.51. The first-order chi connectivity index (χ1) is 10.7. The molecule has 0 aliphatic carbocycles. The number of hydrogen-bond acceptors (Lipinski definition) is 3. The number of imidazole rings is 1. The Morgan fingerprint density at radius 3 is 2.59 bits per heavy atom. The Balaban J connectivity index is 1.91. The van der Waals surface area contributed by atoms with Gasteiger partial charge in [0.15, 0.2) is 0 Å². The largest absolute Gasteiger partial charge is 0.347 e. The van der Waals surface area contributed by atoms with E-state index in [9.17, 15) is 9.59 Å². The van der Waals surface area contributed by atoms with Crippen molar-refractivity contribution in [3.8, 4) is 0 Å². The molecule has 2 amide bonds. The highest BCUT2D eigenvalue weighted by atomic mass is 79.9. The van der Waals surface area contributed by atoms with Gasteiger partial charge in [0.05, 0.1) is 18.6 Å². The van der Waals surface area contributed by atoms with Crippen molar-refractivity contribution in [1.82, 2.24) is 14.9 Å². The van der Waals surface area contributed by atoms with E-state index in [-0.39, 0.29) is 18.4 Å². The van der Waals surface area contributed by atoms with Gasteiger partial charge in [-0.05, 0) is 23.6 Å². The van der Waals surface area contributed by atoms with Crippen molar-refractivity contribution in [1.29, 1.82) is 0 Å². The second kappa shape index (κ2) is 4.78. The number of carbonyl (C=O) groups excluding carboxylic acids is 2. The molecule has 0 spiro atoms. The maximum absolute atomic E-state index is 12.7. The summed E-state index contributed by atoms with van der Waals surface area (Å²) in [7, 11) is 0. The molecule has 0 saturated heterocycles. The molecular weight excluding hydrogens is 346 g/mol. The molecular formula is C16H10BrN3O2. The van der Waals surface area contributed by atoms with Gasteiger partial charge in [0.1, 0.15) is 0 Å². The number of H-pyrrole nitrogens is 1. The van der Waals surface area contributed by atoms with Crippen LogP contribution in [0.4, 0.5) is 0 Å². The molecule has 1 N–H and O–H groups in total. The lowest BCUT2D eigenvalue weighted by Crippen LogP contribution is -2.39. The van der Waals surface area contributed by atoms with Gasteiger partial charge in [-0.15, -0.1) is 0 Å². The Labute approximate surface area is 134 Å². The number of rotatable bonds is 2. The molecule has 1 aliphatic rings. The molecule has 1 aromatic heterocycles. The minimum atomic E-state index is -0.282. The Hall–Kier alpha value is -2.47. The maximum Gasteiger partial charge on any atom is 0.261 e. The molecule has 0 bridgehead atoms. The van der Waals surface area contributed by atoms with Crippen LogP contribution in [0.5, 0.6) is 0 Å². The van der Waals surface area contributed by atoms with E-state index >= 15 is 0 Å². The summed E-state index contributed by atoms with van der Waals surface area (Å²) < 4.78 is 0.871. The normalized spacial score (nSPS) is 14.0. The van der Waals surface area contributed by atoms with Crippen LogP contribution in [0.3, 0.4) is 0 Å². The zero-order valence-corrected chi connectivity index (χ0v) is 12.9. The summed E-state index contributed by atoms with van der Waals surface area (Å²) >= 11 is 3.47. The molecule has 22 heavy (non-hydrogen) atoms. The predicted octanol–water partition coefficient (Wildman–Crippen LogP) is 3.12. The molecule has 0 radical (unpaired) electrons. The van der Waals surface area contributed by atoms with Gasteiger partial charge < -0.3 is 4.98 Å². The van der Waals surface area contributed by atoms with Crippen molar-refractivity contribution in [3.63, 3.8) is 0 Å². The van der Waals surface area contributed by atoms with Gasteiger partial charge >= 0.3 is 0 Å². The van der Waals surface area contributed by atoms with E-state index in [2.05, 4.69) is 25.9 Å². The minimum absolute atomic E-state index is 0.184. The van der Waals surface area contributed by atoms with E-state index in [1.165, 1.54) is 11.2 Å². The fourth-order valence-corrected chi connectivity index (χ4v) is 3.26. The number of aromatic nitrogens is 2. The molecule has 5 nitrogen and oxygen atoms in total. The zero-order chi connectivity index (χ0) is 15.3. The minimum Gasteiger partial charge on any atom is -0.347 e. The maximum atomic E-state index is 12.7. The number of halogens is 1. The summed E-state index contributed by atoms with van der Waals surface area (Å²) in [6.45, 7) is 0.184. The standard InChI is InChI=1S/C16H10BrN3O2/c17-13-5-4-12-14-10(13)2-1-3-11(14)15(21)20(16(12)22)7-9-6-18-8-19-9/h1-6,8H,7H2,(H,18,19). The zero-order valence-electron chi connectivity index (χ0n) is 11.3. The molecule has 0 fully saturated rings. The highest BCUT2D eigenvalue weighted by Gasteiger charge is 2.33. The van der Waals surface area contributed by atoms with E-state index in [1.807, 2.05) is 18.2 Å². The number of nitrogens with zero attached hydrogens (tertiary/aromatic N) is 2. The van der Waals surface area contributed by atoms with Crippen LogP contribution in [-0.4, -0.2) is 26.7 Å². The summed E-state index contributed by atoms with van der Waals surface area (Å²) in [6.07, 6.45) is 3.14. The lowest BCUT2D eigenvalue weighted by Gasteiger charge is -2.27. The van der Waals surface area contributed by atoms with Gasteiger partial charge in [0.25, 0.3) is 11.8 Å². The predicted molar refractivity (Wildman–Crippen MR) is 84.4 cm³/mol. The van der Waals surface area contributed by atoms with E-state index in [0.29, 0.717) is 16.5 Å². The Kier molecular flexibility index (Phi) is 2.87. The summed E-state index contributed by atoms with van der Waals surface area (Å²) in [6, 6.07) is 9.08. The van der Waals surface area contributed by atoms with Crippen LogP contribution < -0.4 is 0 Å². The van der Waals surface area contributed by atoms with Crippen LogP contribution in [0.1, 0.15) is 26.4 Å². The molecule has 0 saturated carbocycles. The van der Waals surface area contributed by atoms with Crippen molar-refractivity contribution < 1.29 is 9.59 Å². The third-order valence-corrected chi connectivity index (χ3v) is 4.51. The Bertz CT molecular complexity index is 896. The fraction of sp³-hybridized carbons (Fsp3) is 0.0625. The van der Waals surface area contributed by atoms with Crippen LogP contribution >= 0.6 is 15.9 Å². The molecule has 2 aromatic carbocycles. The summed E-state index contributed by atoms with van der Waals surface area (Å²) in [4.78, 5) is 33.5. The van der Waals surface area contributed by atoms with Gasteiger partial charge in [-0.1, -0.05) is 28.1 Å². The number of amides is 2. The number of benzene rings is 2. The molecule has 1 aliphatic heterocycles. The molecule has 6 heteroatoms. The fourth-order valence-electron chi connectivity index (χ4n) is 2.80. The molecule has 108 valence electrons. The number of imide groups is 1. The average molecular weight is 356 g/mol. The SMILES string of the molecule is O=C1c2cccc3c(Br)ccc(c23)C(=O)N1Cc1cnc[nH]1. The van der Waals surface area contributed by atoms with Gasteiger partial charge in [0, 0.05) is 27.2 Å². The van der Waals surface area contributed by atoms with Crippen LogP contribution in [0.2, 0.25) is 0 Å². The van der Waals surface area contributed by atoms with E-state index in [4.69, 9.17) is 0 Å². The third kappa shape index (κ3) is 1.80. The van der Waals surface area contributed by atoms with E-state index in [1.54, 1.807) is 18.3 Å². The van der Waals surface area contributed by atoms with Gasteiger partial charge in [-0.3, -0.25) is 14.5 Å². The molecule has 0 atom stereocenters. The highest BCUT2D eigenvalue weighted by molar-refractivity contribution is 9.10. The van der Waals surface area contributed by atoms with Crippen molar-refractivity contribution in [2.45, 2.75) is 6.54 Å². The smallest absolute Gasteiger partial charge is 0.261 e. The lowest BCUT2D eigenvalue weighted by molar-refractivity contribution is 0.0596. The number of nitrogens with one attached hydrogen (secondary N) is 1. The molecule has 0 unspecified atom stereocenters. The molecule has 3 aromatic rings. The van der Waals surface area contributed by atoms with E-state index in [0.717, 1.165) is 15.6 Å². The van der Waals surface area contributed by atoms with Crippen molar-refractivity contribution in [2.24, 2.45) is 0 Å². The lowest BCUT2D eigenvalue weighted by atomic mass is 9.94. The van der Waals surface area contributed by atoms with Gasteiger partial charge in [-0.25, -0.2) is 4.98 Å². The quantitative estimate of drug-likeness (QED) is 0.718. The number of aromatic amines is 1. The first-order valence-electron chi connectivity index (χ1n) is 6.71. The van der Waals surface area contributed by atoms with Gasteiger partial charge in [-0.2, -0.15) is 0 Å². The highest BCUT2D eigenvalue weighted by Crippen LogP contribution is 2.34. The number of carbonyl (C=O) groups is 2. The number of hydrogen-bond donors (Lipinski definition) is 1. The second-order valence-corrected chi connectivity index (χ2v) is 5.95. The topological polar surface area (TPSA) is 66.1 Å². The summed E-state index contributed by atoms with van der Waals surface area (Å²) in [5.41, 5.74) is 1.82. The van der Waals surface area contributed by atoms with Gasteiger partial charge in [0.2, 0.25) is 0 Å². The Morgan fingerprint density at radius 2 is 1.86 bits per heavy atom. The monoisotopic (exact) mass is 355 g/mol. The van der Waals surface area contributed by atoms with Crippen LogP contribution in [-0.2, 0) is 6.54 Å². The van der Waals surface area contributed by atoms with Crippen molar-refractivity contribution in [3.05, 3.63) is 64.1 Å². The first kappa shape index (κ1) is 13.2.